The summed E-state index contributed by atoms with van der Waals surface area (Å²) in [6, 6.07) is 49.2. The topological polar surface area (TPSA) is 6.48 Å². The molecule has 0 saturated carbocycles. The number of hydrogen-bond donors (Lipinski definition) is 0. The van der Waals surface area contributed by atoms with Gasteiger partial charge in [0.15, 0.2) is 0 Å². The average molecular weight is 909 g/mol. The van der Waals surface area contributed by atoms with Gasteiger partial charge in [-0.15, -0.1) is 0 Å². The van der Waals surface area contributed by atoms with Crippen LogP contribution in [0, 0.1) is 5.92 Å². The highest BCUT2D eigenvalue weighted by Gasteiger charge is 2.54. The largest absolute Gasteiger partial charge is 0.345 e. The molecule has 0 amide bonds. The zero-order valence-electron chi connectivity index (χ0n) is 39.4. The van der Waals surface area contributed by atoms with Crippen LogP contribution in [0.3, 0.4) is 0 Å². The molecule has 14 rings (SSSR count). The summed E-state index contributed by atoms with van der Waals surface area (Å²) in [4.78, 5) is 7.78. The Morgan fingerprint density at radius 3 is 2.10 bits per heavy atom. The molecule has 2 aliphatic heterocycles. The Hall–Kier alpha value is -6.81. The molecule has 6 aromatic carbocycles. The molecule has 69 heavy (non-hydrogen) atoms. The maximum atomic E-state index is 4.35. The number of hydrogen-bond acceptors (Lipinski definition) is 3. The average Bonchev–Trinajstić information content (AvgIpc) is 4.12. The second-order valence-corrected chi connectivity index (χ2v) is 21.8. The van der Waals surface area contributed by atoms with Crippen LogP contribution in [0.15, 0.2) is 220 Å². The molecule has 3 atom stereocenters. The van der Waals surface area contributed by atoms with Gasteiger partial charge >= 0.3 is 0 Å². The fourth-order valence-electron chi connectivity index (χ4n) is 14.2. The Kier molecular flexibility index (Phi) is 9.47. The maximum Gasteiger partial charge on any atom is 0.0601 e. The molecule has 0 fully saturated rings. The fourth-order valence-corrected chi connectivity index (χ4v) is 15.2. The first-order valence-corrected chi connectivity index (χ1v) is 26.2. The summed E-state index contributed by atoms with van der Waals surface area (Å²) in [5.41, 5.74) is 25.1. The number of para-hydroxylation sites is 2. The summed E-state index contributed by atoms with van der Waals surface area (Å²) in [5.74, 6) is 0.668. The van der Waals surface area contributed by atoms with Crippen molar-refractivity contribution in [1.82, 2.24) is 0 Å². The molecule has 0 saturated heterocycles. The summed E-state index contributed by atoms with van der Waals surface area (Å²) in [6.45, 7) is 7.59. The molecule has 0 bridgehead atoms. The van der Waals surface area contributed by atoms with E-state index in [9.17, 15) is 0 Å². The second kappa shape index (κ2) is 15.9. The second-order valence-electron chi connectivity index (χ2n) is 20.7. The summed E-state index contributed by atoms with van der Waals surface area (Å²) in [5, 5.41) is 0. The smallest absolute Gasteiger partial charge is 0.0601 e. The summed E-state index contributed by atoms with van der Waals surface area (Å²) >= 11 is 1.88. The Bertz CT molecular complexity index is 3350. The lowest BCUT2D eigenvalue weighted by atomic mass is 9.69. The third kappa shape index (κ3) is 6.25. The summed E-state index contributed by atoms with van der Waals surface area (Å²) < 4.78 is 0. The van der Waals surface area contributed by atoms with Crippen LogP contribution in [-0.4, -0.2) is 6.54 Å². The number of anilines is 3. The van der Waals surface area contributed by atoms with E-state index in [1.807, 2.05) is 11.8 Å². The number of fused-ring (bicyclic) bond motifs is 13. The highest BCUT2D eigenvalue weighted by atomic mass is 32.2. The minimum atomic E-state index is -0.132. The van der Waals surface area contributed by atoms with Crippen molar-refractivity contribution in [2.75, 3.05) is 16.3 Å². The van der Waals surface area contributed by atoms with Crippen LogP contribution in [0.1, 0.15) is 95.9 Å². The lowest BCUT2D eigenvalue weighted by Crippen LogP contribution is -2.34. The Labute approximate surface area is 412 Å². The van der Waals surface area contributed by atoms with Gasteiger partial charge in [-0.05, 0) is 179 Å². The van der Waals surface area contributed by atoms with Crippen molar-refractivity contribution in [1.29, 1.82) is 0 Å². The van der Waals surface area contributed by atoms with Gasteiger partial charge in [0, 0.05) is 50.2 Å². The van der Waals surface area contributed by atoms with Gasteiger partial charge in [0.1, 0.15) is 0 Å². The first-order valence-electron chi connectivity index (χ1n) is 25.4. The molecule has 3 heteroatoms. The van der Waals surface area contributed by atoms with Gasteiger partial charge in [-0.3, -0.25) is 0 Å². The lowest BCUT2D eigenvalue weighted by Gasteiger charge is -2.38. The molecule has 6 aromatic rings. The van der Waals surface area contributed by atoms with Crippen molar-refractivity contribution in [2.45, 2.75) is 84.8 Å². The summed E-state index contributed by atoms with van der Waals surface area (Å²) in [6.07, 6.45) is 32.5. The van der Waals surface area contributed by atoms with Crippen LogP contribution in [-0.2, 0) is 23.7 Å². The fraction of sp³-hybridized carbons (Fsp3) is 0.212. The number of rotatable bonds is 6. The van der Waals surface area contributed by atoms with Crippen LogP contribution >= 0.6 is 11.8 Å². The van der Waals surface area contributed by atoms with Crippen molar-refractivity contribution in [2.24, 2.45) is 5.92 Å². The van der Waals surface area contributed by atoms with E-state index in [1.54, 1.807) is 0 Å². The van der Waals surface area contributed by atoms with Crippen LogP contribution in [0.4, 0.5) is 17.1 Å². The van der Waals surface area contributed by atoms with Crippen molar-refractivity contribution in [3.63, 3.8) is 0 Å². The van der Waals surface area contributed by atoms with Crippen LogP contribution in [0.2, 0.25) is 0 Å². The third-order valence-electron chi connectivity index (χ3n) is 17.2. The van der Waals surface area contributed by atoms with Gasteiger partial charge in [0.05, 0.1) is 11.4 Å². The molecule has 0 N–H and O–H groups in total. The minimum Gasteiger partial charge on any atom is -0.345 e. The first kappa shape index (κ1) is 41.2. The van der Waals surface area contributed by atoms with Gasteiger partial charge in [-0.2, -0.15) is 0 Å². The van der Waals surface area contributed by atoms with Crippen LogP contribution in [0.25, 0.3) is 23.3 Å². The quantitative estimate of drug-likeness (QED) is 0.154. The van der Waals surface area contributed by atoms with Gasteiger partial charge < -0.3 is 9.80 Å². The highest BCUT2D eigenvalue weighted by Crippen LogP contribution is 2.62. The number of allylic oxidation sites excluding steroid dienone is 12. The van der Waals surface area contributed by atoms with Crippen molar-refractivity contribution in [3.05, 3.63) is 255 Å². The van der Waals surface area contributed by atoms with Gasteiger partial charge in [0.25, 0.3) is 0 Å². The molecule has 2 heterocycles. The molecule has 6 aliphatic carbocycles. The molecule has 0 aromatic heterocycles. The summed E-state index contributed by atoms with van der Waals surface area (Å²) in [7, 11) is 0. The molecular weight excluding hydrogens is 853 g/mol. The SMILES string of the molecule is C=CC1=C(/C=C\C)CC2(C1)c1cc(/C=C/c3ccc4c(c3)C3(Cc5ccccc5C3)C3C=C(N5c6ccccc6Sc6ccccc65)C=CC43)ccc1-c1ccc(N3CCCC4=C3CCC=C4)cc12. The number of benzene rings is 6. The molecule has 8 aliphatic rings. The zero-order chi connectivity index (χ0) is 45.8. The van der Waals surface area contributed by atoms with E-state index in [0.717, 1.165) is 45.1 Å². The van der Waals surface area contributed by atoms with Crippen LogP contribution in [0.5, 0.6) is 0 Å². The Morgan fingerprint density at radius 2 is 1.35 bits per heavy atom. The first-order chi connectivity index (χ1) is 34.0. The van der Waals surface area contributed by atoms with E-state index in [2.05, 4.69) is 211 Å². The maximum absolute atomic E-state index is 4.35. The van der Waals surface area contributed by atoms with Gasteiger partial charge in [-0.25, -0.2) is 0 Å². The predicted octanol–water partition coefficient (Wildman–Crippen LogP) is 16.7. The molecule has 336 valence electrons. The normalized spacial score (nSPS) is 23.1. The minimum absolute atomic E-state index is 0.0271. The standard InChI is InChI=1S/C66H56N2S/c1-3-14-47-40-65(39-45(47)4-2)56-35-43(26-30-52(56)54-32-28-50(37-58(54)65)67-34-13-18-46-15-7-8-19-60(46)67)24-25-44-27-31-53-55-33-29-51(68-61-20-9-11-22-63(61)69-64-23-12-10-21-62(64)68)38-59(55)66(57(53)36-44)41-48-16-5-6-17-49(48)42-66/h3-7,9-12,14-17,20-33,35-38,55,59H,2,8,13,18-19,34,39-42H2,1H3/b14-3-,25-24+. The Morgan fingerprint density at radius 1 is 0.667 bits per heavy atom. The third-order valence-corrected chi connectivity index (χ3v) is 18.3. The van der Waals surface area contributed by atoms with Crippen molar-refractivity contribution >= 4 is 41.0 Å². The molecule has 2 nitrogen and oxygen atoms in total. The van der Waals surface area contributed by atoms with Crippen molar-refractivity contribution < 1.29 is 0 Å². The predicted molar refractivity (Wildman–Crippen MR) is 289 cm³/mol. The van der Waals surface area contributed by atoms with E-state index >= 15 is 0 Å². The van der Waals surface area contributed by atoms with E-state index in [1.165, 1.54) is 123 Å². The van der Waals surface area contributed by atoms with E-state index in [0.29, 0.717) is 11.8 Å². The highest BCUT2D eigenvalue weighted by molar-refractivity contribution is 7.99. The lowest BCUT2D eigenvalue weighted by molar-refractivity contribution is 0.342. The van der Waals surface area contributed by atoms with E-state index in [4.69, 9.17) is 0 Å². The van der Waals surface area contributed by atoms with E-state index < -0.39 is 0 Å². The van der Waals surface area contributed by atoms with Gasteiger partial charge in [-0.1, -0.05) is 164 Å². The number of nitrogens with zero attached hydrogens (tertiary/aromatic N) is 2. The molecule has 3 unspecified atom stereocenters. The monoisotopic (exact) mass is 908 g/mol. The molecular formula is C66H56N2S. The van der Waals surface area contributed by atoms with Crippen molar-refractivity contribution in [3.8, 4) is 11.1 Å². The van der Waals surface area contributed by atoms with Gasteiger partial charge in [0.2, 0.25) is 0 Å². The van der Waals surface area contributed by atoms with E-state index in [-0.39, 0.29) is 10.8 Å². The molecule has 2 spiro atoms. The molecule has 0 radical (unpaired) electrons. The zero-order valence-corrected chi connectivity index (χ0v) is 40.2. The Balaban J connectivity index is 0.832. The van der Waals surface area contributed by atoms with Crippen LogP contribution < -0.4 is 9.80 Å².